The van der Waals surface area contributed by atoms with E-state index in [4.69, 9.17) is 10.5 Å². The van der Waals surface area contributed by atoms with Crippen LogP contribution < -0.4 is 5.73 Å². The van der Waals surface area contributed by atoms with Gasteiger partial charge in [0.15, 0.2) is 0 Å². The maximum Gasteiger partial charge on any atom is 0.222 e. The predicted octanol–water partition coefficient (Wildman–Crippen LogP) is 0.610. The molecule has 0 heterocycles. The summed E-state index contributed by atoms with van der Waals surface area (Å²) >= 11 is 0. The van der Waals surface area contributed by atoms with Crippen LogP contribution in [0.1, 0.15) is 26.2 Å². The van der Waals surface area contributed by atoms with Crippen molar-refractivity contribution in [2.24, 2.45) is 5.73 Å². The van der Waals surface area contributed by atoms with Crippen molar-refractivity contribution in [1.29, 1.82) is 0 Å². The van der Waals surface area contributed by atoms with Gasteiger partial charge in [-0.15, -0.1) is 0 Å². The Kier molecular flexibility index (Phi) is 8.57. The van der Waals surface area contributed by atoms with Crippen molar-refractivity contribution < 1.29 is 9.53 Å². The molecule has 84 valence electrons. The summed E-state index contributed by atoms with van der Waals surface area (Å²) in [7, 11) is 1.83. The lowest BCUT2D eigenvalue weighted by molar-refractivity contribution is -0.129. The van der Waals surface area contributed by atoms with E-state index in [0.29, 0.717) is 19.6 Å². The Bertz CT molecular complexity index is 151. The zero-order chi connectivity index (χ0) is 10.8. The highest BCUT2D eigenvalue weighted by Crippen LogP contribution is 1.93. The summed E-state index contributed by atoms with van der Waals surface area (Å²) in [6.07, 6.45) is 2.38. The van der Waals surface area contributed by atoms with Crippen molar-refractivity contribution in [3.8, 4) is 0 Å². The van der Waals surface area contributed by atoms with Crippen LogP contribution in [0.4, 0.5) is 0 Å². The molecule has 14 heavy (non-hydrogen) atoms. The molecule has 0 aromatic rings. The zero-order valence-electron chi connectivity index (χ0n) is 9.29. The molecular weight excluding hydrogens is 180 g/mol. The molecule has 0 saturated heterocycles. The van der Waals surface area contributed by atoms with E-state index < -0.39 is 0 Å². The Morgan fingerprint density at radius 3 is 2.57 bits per heavy atom. The van der Waals surface area contributed by atoms with E-state index >= 15 is 0 Å². The van der Waals surface area contributed by atoms with Crippen molar-refractivity contribution in [3.63, 3.8) is 0 Å². The molecule has 0 atom stereocenters. The second kappa shape index (κ2) is 8.97. The first-order valence-electron chi connectivity index (χ1n) is 5.24. The van der Waals surface area contributed by atoms with Crippen LogP contribution in [0.2, 0.25) is 0 Å². The fourth-order valence-corrected chi connectivity index (χ4v) is 1.09. The summed E-state index contributed by atoms with van der Waals surface area (Å²) in [4.78, 5) is 12.9. The second-order valence-electron chi connectivity index (χ2n) is 3.28. The molecule has 0 unspecified atom stereocenters. The Balaban J connectivity index is 3.23. The maximum atomic E-state index is 11.1. The highest BCUT2D eigenvalue weighted by molar-refractivity contribution is 5.75. The van der Waals surface area contributed by atoms with Crippen molar-refractivity contribution in [2.75, 3.05) is 33.4 Å². The van der Waals surface area contributed by atoms with E-state index in [0.717, 1.165) is 26.0 Å². The minimum absolute atomic E-state index is 0.187. The molecule has 0 rings (SSSR count). The Labute approximate surface area is 86.4 Å². The summed E-state index contributed by atoms with van der Waals surface area (Å²) in [5.74, 6) is 0.187. The molecular formula is C10H22N2O2. The van der Waals surface area contributed by atoms with Gasteiger partial charge >= 0.3 is 0 Å². The summed E-state index contributed by atoms with van der Waals surface area (Å²) in [5.41, 5.74) is 5.32. The van der Waals surface area contributed by atoms with Crippen LogP contribution in [0.3, 0.4) is 0 Å². The first-order chi connectivity index (χ1) is 6.72. The van der Waals surface area contributed by atoms with E-state index in [2.05, 4.69) is 0 Å². The Morgan fingerprint density at radius 2 is 2.00 bits per heavy atom. The van der Waals surface area contributed by atoms with Gasteiger partial charge < -0.3 is 15.4 Å². The van der Waals surface area contributed by atoms with Gasteiger partial charge in [0.1, 0.15) is 0 Å². The summed E-state index contributed by atoms with van der Waals surface area (Å²) in [6, 6.07) is 0. The third-order valence-electron chi connectivity index (χ3n) is 2.00. The van der Waals surface area contributed by atoms with Crippen molar-refractivity contribution in [2.45, 2.75) is 26.2 Å². The van der Waals surface area contributed by atoms with Gasteiger partial charge in [-0.1, -0.05) is 6.92 Å². The first kappa shape index (κ1) is 13.4. The fourth-order valence-electron chi connectivity index (χ4n) is 1.09. The molecule has 0 radical (unpaired) electrons. The second-order valence-corrected chi connectivity index (χ2v) is 3.28. The molecule has 0 aliphatic carbocycles. The number of hydrogen-bond acceptors (Lipinski definition) is 3. The van der Waals surface area contributed by atoms with E-state index in [1.807, 2.05) is 14.0 Å². The highest BCUT2D eigenvalue weighted by atomic mass is 16.5. The minimum atomic E-state index is 0.187. The normalized spacial score (nSPS) is 10.2. The summed E-state index contributed by atoms with van der Waals surface area (Å²) in [5, 5.41) is 0. The molecule has 0 spiro atoms. The van der Waals surface area contributed by atoms with Crippen LogP contribution in [0, 0.1) is 0 Å². The molecule has 0 bridgehead atoms. The number of amides is 1. The number of hydrogen-bond donors (Lipinski definition) is 1. The predicted molar refractivity (Wildman–Crippen MR) is 57.0 cm³/mol. The topological polar surface area (TPSA) is 55.6 Å². The van der Waals surface area contributed by atoms with Gasteiger partial charge in [-0.25, -0.2) is 0 Å². The van der Waals surface area contributed by atoms with Gasteiger partial charge in [0, 0.05) is 33.2 Å². The van der Waals surface area contributed by atoms with Crippen LogP contribution >= 0.6 is 0 Å². The van der Waals surface area contributed by atoms with Crippen molar-refractivity contribution in [1.82, 2.24) is 4.90 Å². The average molecular weight is 202 g/mol. The smallest absolute Gasteiger partial charge is 0.222 e. The Morgan fingerprint density at radius 1 is 1.36 bits per heavy atom. The lowest BCUT2D eigenvalue weighted by atomic mass is 10.3. The van der Waals surface area contributed by atoms with Crippen molar-refractivity contribution >= 4 is 5.91 Å². The monoisotopic (exact) mass is 202 g/mol. The molecule has 4 heteroatoms. The molecule has 0 aliphatic heterocycles. The Hall–Kier alpha value is -0.610. The fraction of sp³-hybridized carbons (Fsp3) is 0.900. The van der Waals surface area contributed by atoms with E-state index in [1.54, 1.807) is 4.90 Å². The largest absolute Gasteiger partial charge is 0.381 e. The molecule has 0 saturated carbocycles. The lowest BCUT2D eigenvalue weighted by Gasteiger charge is -2.15. The van der Waals surface area contributed by atoms with Gasteiger partial charge in [-0.05, 0) is 19.4 Å². The summed E-state index contributed by atoms with van der Waals surface area (Å²) < 4.78 is 5.32. The third-order valence-corrected chi connectivity index (χ3v) is 2.00. The third kappa shape index (κ3) is 6.86. The van der Waals surface area contributed by atoms with Gasteiger partial charge in [0.05, 0.1) is 0 Å². The number of nitrogens with two attached hydrogens (primary N) is 1. The number of nitrogens with zero attached hydrogens (tertiary/aromatic N) is 1. The van der Waals surface area contributed by atoms with Gasteiger partial charge in [-0.3, -0.25) is 4.79 Å². The minimum Gasteiger partial charge on any atom is -0.381 e. The van der Waals surface area contributed by atoms with Crippen LogP contribution in [0.25, 0.3) is 0 Å². The lowest BCUT2D eigenvalue weighted by Crippen LogP contribution is -2.27. The maximum absolute atomic E-state index is 11.1. The number of carbonyl (C=O) groups is 1. The molecule has 1 amide bonds. The van der Waals surface area contributed by atoms with Crippen LogP contribution in [0.15, 0.2) is 0 Å². The summed E-state index contributed by atoms with van der Waals surface area (Å²) in [6.45, 7) is 4.75. The molecule has 0 fully saturated rings. The molecule has 0 aliphatic rings. The molecule has 4 nitrogen and oxygen atoms in total. The van der Waals surface area contributed by atoms with Gasteiger partial charge in [0.2, 0.25) is 5.91 Å². The number of ether oxygens (including phenoxy) is 1. The standard InChI is InChI=1S/C10H22N2O2/c1-3-10(13)12(2)7-5-9-14-8-4-6-11/h3-9,11H2,1-2H3. The van der Waals surface area contributed by atoms with E-state index in [1.165, 1.54) is 0 Å². The molecule has 0 aromatic heterocycles. The number of rotatable bonds is 8. The zero-order valence-corrected chi connectivity index (χ0v) is 9.29. The van der Waals surface area contributed by atoms with Crippen LogP contribution in [-0.2, 0) is 9.53 Å². The van der Waals surface area contributed by atoms with Crippen LogP contribution in [0.5, 0.6) is 0 Å². The first-order valence-corrected chi connectivity index (χ1v) is 5.24. The highest BCUT2D eigenvalue weighted by Gasteiger charge is 2.03. The van der Waals surface area contributed by atoms with Crippen molar-refractivity contribution in [3.05, 3.63) is 0 Å². The number of carbonyl (C=O) groups excluding carboxylic acids is 1. The van der Waals surface area contributed by atoms with Crippen LogP contribution in [-0.4, -0.2) is 44.2 Å². The molecule has 2 N–H and O–H groups in total. The van der Waals surface area contributed by atoms with E-state index in [-0.39, 0.29) is 5.91 Å². The average Bonchev–Trinajstić information content (AvgIpc) is 2.21. The van der Waals surface area contributed by atoms with Gasteiger partial charge in [-0.2, -0.15) is 0 Å². The van der Waals surface area contributed by atoms with Gasteiger partial charge in [0.25, 0.3) is 0 Å². The van der Waals surface area contributed by atoms with E-state index in [9.17, 15) is 4.79 Å². The molecule has 0 aromatic carbocycles. The quantitative estimate of drug-likeness (QED) is 0.587. The SMILES string of the molecule is CCC(=O)N(C)CCCOCCCN.